The summed E-state index contributed by atoms with van der Waals surface area (Å²) < 4.78 is 0.809. The van der Waals surface area contributed by atoms with Crippen molar-refractivity contribution in [2.24, 2.45) is 5.73 Å². The Morgan fingerprint density at radius 3 is 2.65 bits per heavy atom. The number of nitrogens with two attached hydrogens (primary N) is 2. The molecule has 90 valence electrons. The maximum absolute atomic E-state index is 11.2. The van der Waals surface area contributed by atoms with E-state index in [0.717, 1.165) is 22.6 Å². The van der Waals surface area contributed by atoms with Crippen molar-refractivity contribution >= 4 is 35.6 Å². The lowest BCUT2D eigenvalue weighted by molar-refractivity contribution is 0.100. The van der Waals surface area contributed by atoms with E-state index in [1.165, 1.54) is 28.9 Å². The number of amides is 1. The lowest BCUT2D eigenvalue weighted by Gasteiger charge is -1.95. The van der Waals surface area contributed by atoms with Gasteiger partial charge in [-0.25, -0.2) is 0 Å². The molecule has 0 radical (unpaired) electrons. The molecule has 0 atom stereocenters. The van der Waals surface area contributed by atoms with Gasteiger partial charge >= 0.3 is 0 Å². The van der Waals surface area contributed by atoms with E-state index in [4.69, 9.17) is 11.5 Å². The molecule has 0 saturated heterocycles. The highest BCUT2D eigenvalue weighted by Gasteiger charge is 2.13. The number of thiophene rings is 1. The summed E-state index contributed by atoms with van der Waals surface area (Å²) in [5.41, 5.74) is 14.4. The quantitative estimate of drug-likeness (QED) is 0.823. The Morgan fingerprint density at radius 1 is 1.47 bits per heavy atom. The fourth-order valence-corrected chi connectivity index (χ4v) is 2.98. The van der Waals surface area contributed by atoms with E-state index in [2.05, 4.69) is 19.6 Å². The number of anilines is 1. The fraction of sp³-hybridized carbons (Fsp3) is 0.308. The summed E-state index contributed by atoms with van der Waals surface area (Å²) in [6.07, 6.45) is 5.47. The molecule has 4 heteroatoms. The van der Waals surface area contributed by atoms with Gasteiger partial charge in [-0.3, -0.25) is 4.79 Å². The minimum Gasteiger partial charge on any atom is -0.397 e. The average Bonchev–Trinajstić information content (AvgIpc) is 2.77. The van der Waals surface area contributed by atoms with Crippen molar-refractivity contribution in [3.8, 4) is 0 Å². The lowest BCUT2D eigenvalue weighted by Crippen LogP contribution is -2.21. The molecule has 0 aromatic carbocycles. The van der Waals surface area contributed by atoms with Crippen molar-refractivity contribution in [3.63, 3.8) is 0 Å². The standard InChI is InChI=1S/C13H16N2OS/c1-7-4-3-5-9(7)6-10-8(2)17-12(11(10)14)13(15)16/h6H,2-5,14H2,1H3,(H2,15,16)/b10-6+. The predicted octanol–water partition coefficient (Wildman–Crippen LogP) is 1.12. The van der Waals surface area contributed by atoms with Crippen LogP contribution in [0, 0.1) is 0 Å². The van der Waals surface area contributed by atoms with Gasteiger partial charge in [-0.1, -0.05) is 12.2 Å². The minimum absolute atomic E-state index is 0.414. The Balaban J connectivity index is 2.61. The van der Waals surface area contributed by atoms with Gasteiger partial charge in [0.05, 0.1) is 5.69 Å². The van der Waals surface area contributed by atoms with Gasteiger partial charge in [-0.05, 0) is 37.8 Å². The molecule has 1 amide bonds. The van der Waals surface area contributed by atoms with Crippen molar-refractivity contribution in [2.75, 3.05) is 5.73 Å². The second kappa shape index (κ2) is 4.37. The first-order chi connectivity index (χ1) is 8.00. The molecule has 0 bridgehead atoms. The van der Waals surface area contributed by atoms with E-state index < -0.39 is 5.91 Å². The summed E-state index contributed by atoms with van der Waals surface area (Å²) in [5.74, 6) is -0.478. The van der Waals surface area contributed by atoms with Crippen molar-refractivity contribution < 1.29 is 4.79 Å². The Morgan fingerprint density at radius 2 is 2.18 bits per heavy atom. The molecule has 0 unspecified atom stereocenters. The summed E-state index contributed by atoms with van der Waals surface area (Å²) in [6.45, 7) is 6.07. The van der Waals surface area contributed by atoms with E-state index in [1.807, 2.05) is 0 Å². The molecule has 17 heavy (non-hydrogen) atoms. The maximum atomic E-state index is 11.2. The van der Waals surface area contributed by atoms with Crippen LogP contribution >= 0.6 is 11.3 Å². The first kappa shape index (κ1) is 11.9. The van der Waals surface area contributed by atoms with Gasteiger partial charge in [0.25, 0.3) is 5.91 Å². The number of hydrogen-bond donors (Lipinski definition) is 2. The number of carbonyl (C=O) groups excluding carboxylic acids is 1. The summed E-state index contributed by atoms with van der Waals surface area (Å²) >= 11 is 1.27. The van der Waals surface area contributed by atoms with Crippen molar-refractivity contribution in [1.82, 2.24) is 0 Å². The van der Waals surface area contributed by atoms with Crippen LogP contribution in [0.15, 0.2) is 11.1 Å². The maximum Gasteiger partial charge on any atom is 0.260 e. The predicted molar refractivity (Wildman–Crippen MR) is 73.0 cm³/mol. The number of hydrogen-bond acceptors (Lipinski definition) is 3. The number of primary amides is 1. The average molecular weight is 248 g/mol. The van der Waals surface area contributed by atoms with Gasteiger partial charge in [-0.2, -0.15) is 0 Å². The van der Waals surface area contributed by atoms with Crippen LogP contribution in [0.25, 0.3) is 12.7 Å². The smallest absolute Gasteiger partial charge is 0.260 e. The highest BCUT2D eigenvalue weighted by Crippen LogP contribution is 2.26. The number of allylic oxidation sites excluding steroid dienone is 2. The summed E-state index contributed by atoms with van der Waals surface area (Å²) in [5, 5.41) is 0.861. The zero-order chi connectivity index (χ0) is 12.6. The summed E-state index contributed by atoms with van der Waals surface area (Å²) in [7, 11) is 0. The zero-order valence-corrected chi connectivity index (χ0v) is 10.7. The molecular weight excluding hydrogens is 232 g/mol. The fourth-order valence-electron chi connectivity index (χ4n) is 2.13. The Kier molecular flexibility index (Phi) is 3.07. The third-order valence-electron chi connectivity index (χ3n) is 3.15. The molecule has 0 spiro atoms. The van der Waals surface area contributed by atoms with E-state index in [1.54, 1.807) is 0 Å². The van der Waals surface area contributed by atoms with Crippen LogP contribution in [0.3, 0.4) is 0 Å². The van der Waals surface area contributed by atoms with Gasteiger partial charge < -0.3 is 11.5 Å². The van der Waals surface area contributed by atoms with Crippen LogP contribution in [0.1, 0.15) is 35.9 Å². The minimum atomic E-state index is -0.478. The zero-order valence-electron chi connectivity index (χ0n) is 9.88. The van der Waals surface area contributed by atoms with Gasteiger partial charge in [0.2, 0.25) is 0 Å². The molecule has 4 N–H and O–H groups in total. The van der Waals surface area contributed by atoms with Gasteiger partial charge in [0.15, 0.2) is 0 Å². The molecule has 1 aromatic rings. The van der Waals surface area contributed by atoms with Crippen LogP contribution in [0.4, 0.5) is 5.69 Å². The third kappa shape index (κ3) is 2.13. The molecule has 0 saturated carbocycles. The first-order valence-corrected chi connectivity index (χ1v) is 6.39. The molecule has 1 aliphatic carbocycles. The van der Waals surface area contributed by atoms with Crippen molar-refractivity contribution in [3.05, 3.63) is 25.8 Å². The van der Waals surface area contributed by atoms with E-state index >= 15 is 0 Å². The van der Waals surface area contributed by atoms with Crippen LogP contribution in [0.5, 0.6) is 0 Å². The normalized spacial score (nSPS) is 16.9. The van der Waals surface area contributed by atoms with E-state index in [0.29, 0.717) is 10.6 Å². The first-order valence-electron chi connectivity index (χ1n) is 5.58. The van der Waals surface area contributed by atoms with Gasteiger partial charge in [0.1, 0.15) is 4.88 Å². The SMILES string of the molecule is C=c1sc(C(N)=O)c(N)/c1=C/C1=C(C)CCC1. The molecule has 0 aliphatic heterocycles. The highest BCUT2D eigenvalue weighted by molar-refractivity contribution is 7.12. The van der Waals surface area contributed by atoms with Crippen molar-refractivity contribution in [1.29, 1.82) is 0 Å². The Hall–Kier alpha value is -1.55. The molecule has 2 rings (SSSR count). The van der Waals surface area contributed by atoms with Crippen molar-refractivity contribution in [2.45, 2.75) is 26.2 Å². The molecule has 1 heterocycles. The molecule has 1 aliphatic rings. The number of rotatable bonds is 2. The van der Waals surface area contributed by atoms with E-state index in [9.17, 15) is 4.79 Å². The lowest BCUT2D eigenvalue weighted by atomic mass is 10.1. The summed E-state index contributed by atoms with van der Waals surface area (Å²) in [4.78, 5) is 11.6. The van der Waals surface area contributed by atoms with Crippen LogP contribution in [0.2, 0.25) is 0 Å². The summed E-state index contributed by atoms with van der Waals surface area (Å²) in [6, 6.07) is 0. The Bertz CT molecular complexity index is 610. The monoisotopic (exact) mass is 248 g/mol. The van der Waals surface area contributed by atoms with Crippen LogP contribution in [-0.4, -0.2) is 5.91 Å². The van der Waals surface area contributed by atoms with Crippen LogP contribution < -0.4 is 21.2 Å². The second-order valence-corrected chi connectivity index (χ2v) is 5.45. The highest BCUT2D eigenvalue weighted by atomic mass is 32.1. The number of carbonyl (C=O) groups is 1. The Labute approximate surface area is 104 Å². The number of nitrogen functional groups attached to an aromatic ring is 1. The molecule has 3 nitrogen and oxygen atoms in total. The van der Waals surface area contributed by atoms with Gasteiger partial charge in [0, 0.05) is 9.75 Å². The van der Waals surface area contributed by atoms with E-state index in [-0.39, 0.29) is 0 Å². The molecule has 1 aromatic heterocycles. The molecule has 0 fully saturated rings. The van der Waals surface area contributed by atoms with Crippen LogP contribution in [-0.2, 0) is 0 Å². The largest absolute Gasteiger partial charge is 0.397 e. The molecular formula is C13H16N2OS. The second-order valence-electron chi connectivity index (χ2n) is 4.35. The topological polar surface area (TPSA) is 69.1 Å². The van der Waals surface area contributed by atoms with Gasteiger partial charge in [-0.15, -0.1) is 11.3 Å². The third-order valence-corrected chi connectivity index (χ3v) is 4.24.